The number of thiophene rings is 2. The fraction of sp³-hybridized carbons (Fsp3) is 0. The number of aromatic nitrogens is 7. The lowest BCUT2D eigenvalue weighted by Gasteiger charge is -2.12. The molecule has 26 rings (SSSR count). The predicted octanol–water partition coefficient (Wildman–Crippen LogP) is 30.7. The molecule has 0 radical (unpaired) electrons. The minimum absolute atomic E-state index is 0.689. The molecule has 26 aromatic rings. The van der Waals surface area contributed by atoms with Crippen LogP contribution in [0.5, 0.6) is 0 Å². The van der Waals surface area contributed by atoms with Crippen molar-refractivity contribution < 1.29 is 0 Å². The van der Waals surface area contributed by atoms with Crippen molar-refractivity contribution in [3.8, 4) is 84.9 Å². The van der Waals surface area contributed by atoms with E-state index in [2.05, 4.69) is 420 Å². The van der Waals surface area contributed by atoms with Gasteiger partial charge in [-0.15, -0.1) is 22.7 Å². The molecule has 0 aliphatic rings. The molecule has 0 amide bonds. The minimum Gasteiger partial charge on any atom is -0.309 e. The first-order valence-corrected chi connectivity index (χ1v) is 42.7. The first-order valence-electron chi connectivity index (χ1n) is 41.0. The Kier molecular flexibility index (Phi) is 15.6. The highest BCUT2D eigenvalue weighted by molar-refractivity contribution is 7.26. The summed E-state index contributed by atoms with van der Waals surface area (Å²) in [5.41, 5.74) is 20.2. The van der Waals surface area contributed by atoms with E-state index in [1.54, 1.807) is 0 Å². The Balaban J connectivity index is 0.000000134. The molecular formula is C112H67N7S2. The Hall–Kier alpha value is -15.5. The summed E-state index contributed by atoms with van der Waals surface area (Å²) in [6.07, 6.45) is 0. The van der Waals surface area contributed by atoms with Crippen LogP contribution in [-0.2, 0) is 0 Å². The SMILES string of the molecule is c1ccc(-n2c3ccccc3c3cc(-c4nc(-c5ccc(-n6c7ccc8ccccc8c7c7c8ccccc8ccc76)cc5)cc(-c5ccc6ccccc6c5)n4)ccc32)cc1.c1ccc2c(c1)ccc1c2c2c3ccccc3ccc2n1-c1ccc(-c2cc(-c3cccc4c3sc3ccccc34)nc(-c3ccc4sc5ccccc5c4c3)n2)cc1. The second-order valence-corrected chi connectivity index (χ2v) is 33.6. The minimum atomic E-state index is 0.689. The first-order chi connectivity index (χ1) is 60.0. The number of hydrogen-bond acceptors (Lipinski definition) is 6. The summed E-state index contributed by atoms with van der Waals surface area (Å²) in [6.45, 7) is 0. The summed E-state index contributed by atoms with van der Waals surface area (Å²) in [7, 11) is 0. The average molecular weight is 1570 g/mol. The zero-order chi connectivity index (χ0) is 79.3. The number of fused-ring (bicyclic) bond motifs is 24. The van der Waals surface area contributed by atoms with E-state index in [9.17, 15) is 0 Å². The molecule has 0 saturated heterocycles. The summed E-state index contributed by atoms with van der Waals surface area (Å²) in [6, 6.07) is 147. The molecule has 7 heterocycles. The van der Waals surface area contributed by atoms with Gasteiger partial charge >= 0.3 is 0 Å². The Morgan fingerprint density at radius 2 is 0.537 bits per heavy atom. The molecule has 0 atom stereocenters. The van der Waals surface area contributed by atoms with Gasteiger partial charge in [-0.25, -0.2) is 19.9 Å². The van der Waals surface area contributed by atoms with Gasteiger partial charge in [-0.05, 0) is 187 Å². The third-order valence-corrected chi connectivity index (χ3v) is 27.1. The summed E-state index contributed by atoms with van der Waals surface area (Å²) >= 11 is 3.66. The monoisotopic (exact) mass is 1570 g/mol. The largest absolute Gasteiger partial charge is 0.309 e. The maximum atomic E-state index is 5.36. The van der Waals surface area contributed by atoms with Gasteiger partial charge < -0.3 is 13.7 Å². The molecule has 0 spiro atoms. The number of nitrogens with zero attached hydrogens (tertiary/aromatic N) is 7. The highest BCUT2D eigenvalue weighted by Gasteiger charge is 2.24. The van der Waals surface area contributed by atoms with Crippen molar-refractivity contribution in [3.05, 3.63) is 406 Å². The second kappa shape index (κ2) is 27.6. The quantitative estimate of drug-likeness (QED) is 0.144. The number of rotatable bonds is 9. The van der Waals surface area contributed by atoms with Crippen molar-refractivity contribution in [2.45, 2.75) is 0 Å². The van der Waals surface area contributed by atoms with Crippen molar-refractivity contribution in [2.24, 2.45) is 0 Å². The molecule has 121 heavy (non-hydrogen) atoms. The highest BCUT2D eigenvalue weighted by Crippen LogP contribution is 2.47. The van der Waals surface area contributed by atoms with Gasteiger partial charge in [0.25, 0.3) is 0 Å². The summed E-state index contributed by atoms with van der Waals surface area (Å²) in [4.78, 5) is 21.4. The predicted molar refractivity (Wildman–Crippen MR) is 513 cm³/mol. The van der Waals surface area contributed by atoms with E-state index in [0.29, 0.717) is 5.82 Å². The Bertz CT molecular complexity index is 8600. The third kappa shape index (κ3) is 11.2. The van der Waals surface area contributed by atoms with Gasteiger partial charge in [-0.3, -0.25) is 0 Å². The molecule has 0 saturated carbocycles. The lowest BCUT2D eigenvalue weighted by Crippen LogP contribution is -1.97. The van der Waals surface area contributed by atoms with E-state index < -0.39 is 0 Å². The number of hydrogen-bond donors (Lipinski definition) is 0. The molecule has 0 bridgehead atoms. The van der Waals surface area contributed by atoms with Crippen LogP contribution in [0.1, 0.15) is 0 Å². The molecule has 0 aliphatic carbocycles. The van der Waals surface area contributed by atoms with E-state index in [1.165, 1.54) is 154 Å². The summed E-state index contributed by atoms with van der Waals surface area (Å²) in [5, 5.41) is 25.0. The van der Waals surface area contributed by atoms with Gasteiger partial charge in [-0.2, -0.15) is 0 Å². The normalized spacial score (nSPS) is 12.0. The zero-order valence-electron chi connectivity index (χ0n) is 65.1. The zero-order valence-corrected chi connectivity index (χ0v) is 66.8. The van der Waals surface area contributed by atoms with Gasteiger partial charge in [-0.1, -0.05) is 273 Å². The molecular weight excluding hydrogens is 1510 g/mol. The maximum Gasteiger partial charge on any atom is 0.160 e. The van der Waals surface area contributed by atoms with Gasteiger partial charge in [0.1, 0.15) is 0 Å². The van der Waals surface area contributed by atoms with Gasteiger partial charge in [0.05, 0.1) is 55.9 Å². The Morgan fingerprint density at radius 1 is 0.182 bits per heavy atom. The van der Waals surface area contributed by atoms with Crippen molar-refractivity contribution in [1.82, 2.24) is 33.6 Å². The van der Waals surface area contributed by atoms with Crippen molar-refractivity contribution in [3.63, 3.8) is 0 Å². The molecule has 19 aromatic carbocycles. The van der Waals surface area contributed by atoms with Gasteiger partial charge in [0.15, 0.2) is 11.6 Å². The maximum absolute atomic E-state index is 5.36. The fourth-order valence-electron chi connectivity index (χ4n) is 19.1. The van der Waals surface area contributed by atoms with E-state index in [4.69, 9.17) is 19.9 Å². The fourth-order valence-corrected chi connectivity index (χ4v) is 21.4. The van der Waals surface area contributed by atoms with Crippen LogP contribution in [0.15, 0.2) is 406 Å². The molecule has 0 N–H and O–H groups in total. The van der Waals surface area contributed by atoms with Crippen molar-refractivity contribution in [1.29, 1.82) is 0 Å². The van der Waals surface area contributed by atoms with Crippen LogP contribution in [0.4, 0.5) is 0 Å². The standard InChI is InChI=1S/C58H36N4.C54H31N3S2/c1-2-16-44(17-3-1)61-52-21-11-10-20-48(52)49-35-43(28-31-53(49)61)58-59-50(36-51(60-58)42-23-22-37-12-4-5-15-41(37)34-42)40-24-29-45(30-25-40)62-54-32-26-38-13-6-8-18-46(38)56(54)57-47-19-9-7-14-39(47)27-33-55(57)62;1-3-12-37-32(10-1)22-27-46-51(37)52-38-13-4-2-11-33(38)23-28-47(52)57(46)36-25-20-34(21-26-36)44-31-45(42-17-9-16-41-39-14-5-8-19-49(39)59-53(41)42)56-54(55-44)35-24-29-50-43(30-35)40-15-6-7-18-48(40)58-50/h1-36H;1-31H. The lowest BCUT2D eigenvalue weighted by molar-refractivity contribution is 1.17. The summed E-state index contributed by atoms with van der Waals surface area (Å²) in [5.74, 6) is 1.41. The number of benzene rings is 19. The average Bonchev–Trinajstić information content (AvgIpc) is 1.56. The molecule has 9 heteroatoms. The third-order valence-electron chi connectivity index (χ3n) is 24.7. The van der Waals surface area contributed by atoms with Crippen LogP contribution >= 0.6 is 22.7 Å². The molecule has 0 fully saturated rings. The van der Waals surface area contributed by atoms with E-state index >= 15 is 0 Å². The molecule has 7 nitrogen and oxygen atoms in total. The second-order valence-electron chi connectivity index (χ2n) is 31.5. The summed E-state index contributed by atoms with van der Waals surface area (Å²) < 4.78 is 12.3. The van der Waals surface area contributed by atoms with Crippen LogP contribution in [0.2, 0.25) is 0 Å². The highest BCUT2D eigenvalue weighted by atomic mass is 32.1. The molecule has 0 unspecified atom stereocenters. The van der Waals surface area contributed by atoms with Crippen LogP contribution in [0, 0.1) is 0 Å². The molecule has 562 valence electrons. The smallest absolute Gasteiger partial charge is 0.160 e. The van der Waals surface area contributed by atoms with Crippen LogP contribution in [0.25, 0.3) is 244 Å². The van der Waals surface area contributed by atoms with Crippen LogP contribution < -0.4 is 0 Å². The molecule has 7 aromatic heterocycles. The van der Waals surface area contributed by atoms with Crippen molar-refractivity contribution >= 4 is 182 Å². The van der Waals surface area contributed by atoms with E-state index in [1.807, 2.05) is 22.7 Å². The van der Waals surface area contributed by atoms with Crippen LogP contribution in [0.3, 0.4) is 0 Å². The topological polar surface area (TPSA) is 66.3 Å². The first kappa shape index (κ1) is 68.7. The Labute approximate surface area is 702 Å². The van der Waals surface area contributed by atoms with Gasteiger partial charge in [0, 0.05) is 123 Å². The number of para-hydroxylation sites is 2. The molecule has 0 aliphatic heterocycles. The lowest BCUT2D eigenvalue weighted by atomic mass is 10.00. The van der Waals surface area contributed by atoms with Gasteiger partial charge in [0.2, 0.25) is 0 Å². The van der Waals surface area contributed by atoms with Crippen LogP contribution in [-0.4, -0.2) is 33.6 Å². The van der Waals surface area contributed by atoms with E-state index in [-0.39, 0.29) is 0 Å². The Morgan fingerprint density at radius 3 is 1.09 bits per heavy atom. The van der Waals surface area contributed by atoms with E-state index in [0.717, 1.165) is 84.6 Å². The van der Waals surface area contributed by atoms with Crippen molar-refractivity contribution in [2.75, 3.05) is 0 Å².